The largest absolute Gasteiger partial charge is 0.497 e. The maximum Gasteiger partial charge on any atom is 0.308 e. The summed E-state index contributed by atoms with van der Waals surface area (Å²) in [6.45, 7) is 1.51. The average Bonchev–Trinajstić information content (AvgIpc) is 2.89. The second-order valence-corrected chi connectivity index (χ2v) is 9.75. The number of alkyl halides is 1. The summed E-state index contributed by atoms with van der Waals surface area (Å²) in [5.41, 5.74) is 1.90. The molecule has 1 aromatic heterocycles. The van der Waals surface area contributed by atoms with Crippen molar-refractivity contribution >= 4 is 40.1 Å². The van der Waals surface area contributed by atoms with E-state index in [0.717, 1.165) is 0 Å². The molecule has 1 saturated heterocycles. The third-order valence-corrected chi connectivity index (χ3v) is 7.56. The molecule has 2 heterocycles. The lowest BCUT2D eigenvalue weighted by Crippen LogP contribution is -2.44. The molecular formula is C28H27Cl2FN2O3. The number of hydrogen-bond acceptors (Lipinski definition) is 4. The summed E-state index contributed by atoms with van der Waals surface area (Å²) in [6.07, 6.45) is 1.80. The van der Waals surface area contributed by atoms with Gasteiger partial charge in [-0.3, -0.25) is 14.7 Å². The summed E-state index contributed by atoms with van der Waals surface area (Å²) in [6, 6.07) is 12.4. The summed E-state index contributed by atoms with van der Waals surface area (Å²) in [7, 11) is 1.57. The lowest BCUT2D eigenvalue weighted by molar-refractivity contribution is -0.146. The van der Waals surface area contributed by atoms with Crippen LogP contribution in [0.25, 0.3) is 10.9 Å². The second kappa shape index (κ2) is 11.9. The highest BCUT2D eigenvalue weighted by Crippen LogP contribution is 2.35. The number of piperidine rings is 1. The standard InChI is InChI=1S/C28H27Cl2FN2O3/c1-36-20-8-10-26-22(16-20)21(11-13-32-26)25(31)9-7-18-12-15-33(17-23(18)28(34)35)14-3-5-19-4-2-6-24(29)27(19)30/h2,4,6,8,10-11,13,16,18,23,25H,7,9,12,14-15,17H2,1H3,(H,34,35)/t18-,23+,25?/m1/s1. The van der Waals surface area contributed by atoms with Gasteiger partial charge in [0, 0.05) is 23.7 Å². The number of halogens is 3. The fraction of sp³-hybridized carbons (Fsp3) is 0.357. The van der Waals surface area contributed by atoms with Gasteiger partial charge in [-0.2, -0.15) is 0 Å². The van der Waals surface area contributed by atoms with Crippen molar-refractivity contribution < 1.29 is 19.0 Å². The van der Waals surface area contributed by atoms with Crippen LogP contribution in [0.1, 0.15) is 36.6 Å². The van der Waals surface area contributed by atoms with Gasteiger partial charge in [-0.1, -0.05) is 41.1 Å². The van der Waals surface area contributed by atoms with Crippen LogP contribution in [-0.2, 0) is 4.79 Å². The Morgan fingerprint density at radius 1 is 1.31 bits per heavy atom. The number of pyridine rings is 1. The summed E-state index contributed by atoms with van der Waals surface area (Å²) < 4.78 is 20.7. The van der Waals surface area contributed by atoms with E-state index < -0.39 is 18.1 Å². The molecule has 1 N–H and O–H groups in total. The number of aliphatic carboxylic acids is 1. The lowest BCUT2D eigenvalue weighted by atomic mass is 9.81. The number of likely N-dealkylation sites (tertiary alicyclic amines) is 1. The molecule has 1 aliphatic heterocycles. The van der Waals surface area contributed by atoms with Crippen LogP contribution >= 0.6 is 23.2 Å². The molecule has 4 rings (SSSR count). The Bertz CT molecular complexity index is 1310. The van der Waals surface area contributed by atoms with Crippen LogP contribution in [-0.4, -0.2) is 47.7 Å². The molecule has 3 aromatic rings. The smallest absolute Gasteiger partial charge is 0.308 e. The second-order valence-electron chi connectivity index (χ2n) is 8.96. The van der Waals surface area contributed by atoms with E-state index in [1.807, 2.05) is 11.0 Å². The number of nitrogens with zero attached hydrogens (tertiary/aromatic N) is 2. The van der Waals surface area contributed by atoms with Crippen LogP contribution in [0.15, 0.2) is 48.7 Å². The van der Waals surface area contributed by atoms with E-state index in [0.29, 0.717) is 70.3 Å². The minimum atomic E-state index is -1.22. The van der Waals surface area contributed by atoms with Gasteiger partial charge in [0.25, 0.3) is 0 Å². The van der Waals surface area contributed by atoms with Crippen molar-refractivity contribution in [2.45, 2.75) is 25.4 Å². The molecule has 3 atom stereocenters. The molecule has 0 spiro atoms. The fourth-order valence-corrected chi connectivity index (χ4v) is 5.09. The van der Waals surface area contributed by atoms with Gasteiger partial charge in [0.1, 0.15) is 11.9 Å². The van der Waals surface area contributed by atoms with E-state index in [4.69, 9.17) is 27.9 Å². The predicted molar refractivity (Wildman–Crippen MR) is 140 cm³/mol. The number of hydrogen-bond donors (Lipinski definition) is 1. The van der Waals surface area contributed by atoms with Crippen LogP contribution in [0.2, 0.25) is 10.0 Å². The Labute approximate surface area is 220 Å². The van der Waals surface area contributed by atoms with Crippen molar-refractivity contribution in [1.29, 1.82) is 0 Å². The predicted octanol–water partition coefficient (Wildman–Crippen LogP) is 6.42. The van der Waals surface area contributed by atoms with Crippen molar-refractivity contribution in [2.75, 3.05) is 26.7 Å². The van der Waals surface area contributed by atoms with Gasteiger partial charge in [0.05, 0.1) is 35.1 Å². The molecule has 0 amide bonds. The normalized spacial score (nSPS) is 18.9. The minimum absolute atomic E-state index is 0.102. The van der Waals surface area contributed by atoms with Crippen LogP contribution in [0, 0.1) is 23.7 Å². The van der Waals surface area contributed by atoms with E-state index in [2.05, 4.69) is 16.8 Å². The number of carboxylic acid groups (broad SMARTS) is 1. The maximum atomic E-state index is 15.4. The molecule has 0 radical (unpaired) electrons. The van der Waals surface area contributed by atoms with Crippen molar-refractivity contribution in [3.63, 3.8) is 0 Å². The quantitative estimate of drug-likeness (QED) is 0.358. The highest BCUT2D eigenvalue weighted by atomic mass is 35.5. The number of carboxylic acids is 1. The van der Waals surface area contributed by atoms with Crippen molar-refractivity contribution in [3.8, 4) is 17.6 Å². The zero-order valence-electron chi connectivity index (χ0n) is 19.9. The summed E-state index contributed by atoms with van der Waals surface area (Å²) in [4.78, 5) is 18.4. The first-order valence-electron chi connectivity index (χ1n) is 11.8. The lowest BCUT2D eigenvalue weighted by Gasteiger charge is -2.35. The average molecular weight is 529 g/mol. The van der Waals surface area contributed by atoms with E-state index in [-0.39, 0.29) is 12.3 Å². The topological polar surface area (TPSA) is 62.7 Å². The summed E-state index contributed by atoms with van der Waals surface area (Å²) in [5, 5.41) is 11.4. The molecule has 2 aromatic carbocycles. The first-order valence-corrected chi connectivity index (χ1v) is 12.6. The van der Waals surface area contributed by atoms with Gasteiger partial charge in [-0.15, -0.1) is 0 Å². The van der Waals surface area contributed by atoms with E-state index in [1.54, 1.807) is 49.7 Å². The number of fused-ring (bicyclic) bond motifs is 1. The van der Waals surface area contributed by atoms with Crippen LogP contribution in [0.5, 0.6) is 5.75 Å². The Kier molecular flexibility index (Phi) is 8.68. The fourth-order valence-electron chi connectivity index (χ4n) is 4.75. The van der Waals surface area contributed by atoms with Crippen LogP contribution < -0.4 is 4.74 Å². The first-order chi connectivity index (χ1) is 17.4. The van der Waals surface area contributed by atoms with Gasteiger partial charge in [0.15, 0.2) is 0 Å². The van der Waals surface area contributed by atoms with Gasteiger partial charge in [0.2, 0.25) is 0 Å². The molecular weight excluding hydrogens is 502 g/mol. The highest BCUT2D eigenvalue weighted by Gasteiger charge is 2.34. The Morgan fingerprint density at radius 3 is 2.92 bits per heavy atom. The number of aromatic nitrogens is 1. The molecule has 5 nitrogen and oxygen atoms in total. The molecule has 0 bridgehead atoms. The molecule has 1 unspecified atom stereocenters. The molecule has 36 heavy (non-hydrogen) atoms. The van der Waals surface area contributed by atoms with Gasteiger partial charge in [-0.05, 0) is 73.7 Å². The minimum Gasteiger partial charge on any atom is -0.497 e. The number of methoxy groups -OCH3 is 1. The summed E-state index contributed by atoms with van der Waals surface area (Å²) in [5.74, 6) is 5.20. The van der Waals surface area contributed by atoms with Crippen molar-refractivity contribution in [2.24, 2.45) is 11.8 Å². The maximum absolute atomic E-state index is 15.4. The molecule has 188 valence electrons. The molecule has 8 heteroatoms. The number of ether oxygens (including phenoxy) is 1. The Balaban J connectivity index is 1.38. The Hall–Kier alpha value is -2.85. The number of benzene rings is 2. The Morgan fingerprint density at radius 2 is 2.14 bits per heavy atom. The third-order valence-electron chi connectivity index (χ3n) is 6.75. The van der Waals surface area contributed by atoms with Gasteiger partial charge >= 0.3 is 5.97 Å². The molecule has 1 fully saturated rings. The monoisotopic (exact) mass is 528 g/mol. The molecule has 1 aliphatic rings. The SMILES string of the molecule is COc1ccc2nccc(C(F)CC[C@@H]3CCN(CC#Cc4cccc(Cl)c4Cl)C[C@@H]3C(=O)O)c2c1. The molecule has 0 aliphatic carbocycles. The van der Waals surface area contributed by atoms with Crippen LogP contribution in [0.3, 0.4) is 0 Å². The third kappa shape index (κ3) is 6.10. The number of carbonyl (C=O) groups is 1. The van der Waals surface area contributed by atoms with Crippen molar-refractivity contribution in [1.82, 2.24) is 9.88 Å². The van der Waals surface area contributed by atoms with Crippen molar-refractivity contribution in [3.05, 3.63) is 69.8 Å². The van der Waals surface area contributed by atoms with Gasteiger partial charge in [-0.25, -0.2) is 4.39 Å². The number of rotatable bonds is 7. The first kappa shape index (κ1) is 26.2. The van der Waals surface area contributed by atoms with Gasteiger partial charge < -0.3 is 9.84 Å². The summed E-state index contributed by atoms with van der Waals surface area (Å²) >= 11 is 12.2. The van der Waals surface area contributed by atoms with E-state index in [1.165, 1.54) is 0 Å². The van der Waals surface area contributed by atoms with E-state index in [9.17, 15) is 9.90 Å². The molecule has 0 saturated carbocycles. The highest BCUT2D eigenvalue weighted by molar-refractivity contribution is 6.42. The zero-order chi connectivity index (χ0) is 25.7. The van der Waals surface area contributed by atoms with E-state index >= 15 is 4.39 Å². The zero-order valence-corrected chi connectivity index (χ0v) is 21.4. The van der Waals surface area contributed by atoms with Crippen LogP contribution in [0.4, 0.5) is 4.39 Å².